The van der Waals surface area contributed by atoms with E-state index in [1.165, 1.54) is 18.2 Å². The summed E-state index contributed by atoms with van der Waals surface area (Å²) in [6.45, 7) is 2.72. The molecule has 0 aliphatic heterocycles. The zero-order chi connectivity index (χ0) is 11.8. The van der Waals surface area contributed by atoms with E-state index in [1.54, 1.807) is 0 Å². The van der Waals surface area contributed by atoms with Crippen molar-refractivity contribution >= 4 is 18.5 Å². The molecule has 0 aromatic heterocycles. The zero-order valence-electron chi connectivity index (χ0n) is 9.09. The van der Waals surface area contributed by atoms with Gasteiger partial charge in [0.05, 0.1) is 5.56 Å². The molecule has 0 radical (unpaired) electrons. The second kappa shape index (κ2) is 4.09. The van der Waals surface area contributed by atoms with Gasteiger partial charge in [0, 0.05) is 11.4 Å². The van der Waals surface area contributed by atoms with Gasteiger partial charge in [0.15, 0.2) is 0 Å². The van der Waals surface area contributed by atoms with E-state index >= 15 is 0 Å². The van der Waals surface area contributed by atoms with Crippen LogP contribution < -0.4 is 5.32 Å². The molecule has 1 aromatic carbocycles. The molecule has 4 heteroatoms. The average molecular weight is 239 g/mol. The molecule has 1 N–H and O–H groups in total. The van der Waals surface area contributed by atoms with Crippen molar-refractivity contribution in [2.24, 2.45) is 5.41 Å². The minimum atomic E-state index is -0.503. The Bertz CT molecular complexity index is 429. The number of carbonyl (C=O) groups is 1. The Kier molecular flexibility index (Phi) is 2.93. The molecule has 1 aliphatic rings. The first-order valence-electron chi connectivity index (χ1n) is 5.27. The van der Waals surface area contributed by atoms with Gasteiger partial charge >= 0.3 is 0 Å². The minimum absolute atomic E-state index is 0.0664. The standard InChI is InChI=1S/C12H14FNOS/c1-12(4-5-12)7-14-11(15)9-6-8(16)2-3-10(9)13/h2-3,6,16H,4-5,7H2,1H3,(H,14,15). The van der Waals surface area contributed by atoms with Crippen molar-refractivity contribution in [3.63, 3.8) is 0 Å². The second-order valence-electron chi connectivity index (χ2n) is 4.66. The zero-order valence-corrected chi connectivity index (χ0v) is 9.98. The normalized spacial score (nSPS) is 16.9. The van der Waals surface area contributed by atoms with Gasteiger partial charge < -0.3 is 5.32 Å². The molecule has 0 unspecified atom stereocenters. The third kappa shape index (κ3) is 2.55. The van der Waals surface area contributed by atoms with Gasteiger partial charge in [-0.25, -0.2) is 4.39 Å². The largest absolute Gasteiger partial charge is 0.351 e. The van der Waals surface area contributed by atoms with Crippen molar-refractivity contribution in [2.75, 3.05) is 6.54 Å². The van der Waals surface area contributed by atoms with E-state index < -0.39 is 5.82 Å². The van der Waals surface area contributed by atoms with E-state index in [1.807, 2.05) is 0 Å². The monoisotopic (exact) mass is 239 g/mol. The van der Waals surface area contributed by atoms with Crippen LogP contribution in [-0.2, 0) is 0 Å². The maximum absolute atomic E-state index is 13.4. The molecule has 1 aromatic rings. The van der Waals surface area contributed by atoms with Crippen LogP contribution in [0, 0.1) is 11.2 Å². The molecule has 86 valence electrons. The van der Waals surface area contributed by atoms with Crippen molar-refractivity contribution in [3.8, 4) is 0 Å². The molecular formula is C12H14FNOS. The maximum atomic E-state index is 13.4. The fourth-order valence-corrected chi connectivity index (χ4v) is 1.67. The Labute approximate surface area is 99.6 Å². The summed E-state index contributed by atoms with van der Waals surface area (Å²) in [5, 5.41) is 2.76. The molecule has 0 spiro atoms. The van der Waals surface area contributed by atoms with E-state index in [4.69, 9.17) is 0 Å². The summed E-state index contributed by atoms with van der Waals surface area (Å²) in [6.07, 6.45) is 2.25. The van der Waals surface area contributed by atoms with Gasteiger partial charge in [0.25, 0.3) is 5.91 Å². The Balaban J connectivity index is 2.05. The van der Waals surface area contributed by atoms with Crippen molar-refractivity contribution in [1.82, 2.24) is 5.32 Å². The van der Waals surface area contributed by atoms with E-state index in [0.717, 1.165) is 12.8 Å². The SMILES string of the molecule is CC1(CNC(=O)c2cc(S)ccc2F)CC1. The Morgan fingerprint density at radius 1 is 1.56 bits per heavy atom. The van der Waals surface area contributed by atoms with E-state index in [-0.39, 0.29) is 16.9 Å². The average Bonchev–Trinajstić information content (AvgIpc) is 2.97. The van der Waals surface area contributed by atoms with Crippen molar-refractivity contribution in [3.05, 3.63) is 29.6 Å². The molecule has 0 atom stereocenters. The van der Waals surface area contributed by atoms with Gasteiger partial charge in [-0.2, -0.15) is 0 Å². The van der Waals surface area contributed by atoms with Crippen LogP contribution in [0.1, 0.15) is 30.1 Å². The lowest BCUT2D eigenvalue weighted by atomic mass is 10.1. The number of thiol groups is 1. The van der Waals surface area contributed by atoms with Crippen LogP contribution in [0.5, 0.6) is 0 Å². The summed E-state index contributed by atoms with van der Waals surface area (Å²) < 4.78 is 13.4. The van der Waals surface area contributed by atoms with Crippen LogP contribution in [0.3, 0.4) is 0 Å². The first-order valence-corrected chi connectivity index (χ1v) is 5.72. The predicted molar refractivity (Wildman–Crippen MR) is 63.3 cm³/mol. The lowest BCUT2D eigenvalue weighted by Crippen LogP contribution is -2.29. The molecule has 0 bridgehead atoms. The summed E-state index contributed by atoms with van der Waals surface area (Å²) >= 11 is 4.09. The van der Waals surface area contributed by atoms with Gasteiger partial charge in [0.2, 0.25) is 0 Å². The molecule has 1 amide bonds. The molecule has 2 nitrogen and oxygen atoms in total. The van der Waals surface area contributed by atoms with Crippen LogP contribution in [0.25, 0.3) is 0 Å². The summed E-state index contributed by atoms with van der Waals surface area (Å²) in [5.41, 5.74) is 0.293. The lowest BCUT2D eigenvalue weighted by Gasteiger charge is -2.10. The number of rotatable bonds is 3. The highest BCUT2D eigenvalue weighted by Gasteiger charge is 2.37. The van der Waals surface area contributed by atoms with Gasteiger partial charge in [-0.1, -0.05) is 6.92 Å². The number of halogens is 1. The number of amides is 1. The Morgan fingerprint density at radius 3 is 2.88 bits per heavy atom. The van der Waals surface area contributed by atoms with Crippen LogP contribution in [0.15, 0.2) is 23.1 Å². The highest BCUT2D eigenvalue weighted by molar-refractivity contribution is 7.80. The minimum Gasteiger partial charge on any atom is -0.351 e. The Morgan fingerprint density at radius 2 is 2.25 bits per heavy atom. The fourth-order valence-electron chi connectivity index (χ4n) is 1.47. The van der Waals surface area contributed by atoms with Gasteiger partial charge in [-0.15, -0.1) is 12.6 Å². The van der Waals surface area contributed by atoms with Crippen LogP contribution in [-0.4, -0.2) is 12.5 Å². The first kappa shape index (κ1) is 11.5. The molecule has 1 saturated carbocycles. The summed E-state index contributed by atoms with van der Waals surface area (Å²) in [7, 11) is 0. The van der Waals surface area contributed by atoms with E-state index in [2.05, 4.69) is 24.9 Å². The molecule has 1 aliphatic carbocycles. The number of hydrogen-bond acceptors (Lipinski definition) is 2. The topological polar surface area (TPSA) is 29.1 Å². The number of nitrogens with one attached hydrogen (secondary N) is 1. The maximum Gasteiger partial charge on any atom is 0.254 e. The lowest BCUT2D eigenvalue weighted by molar-refractivity contribution is 0.0942. The number of carbonyl (C=O) groups excluding carboxylic acids is 1. The van der Waals surface area contributed by atoms with Crippen molar-refractivity contribution in [2.45, 2.75) is 24.7 Å². The quantitative estimate of drug-likeness (QED) is 0.780. The molecule has 0 heterocycles. The highest BCUT2D eigenvalue weighted by atomic mass is 32.1. The number of hydrogen-bond donors (Lipinski definition) is 2. The van der Waals surface area contributed by atoms with Crippen LogP contribution in [0.4, 0.5) is 4.39 Å². The summed E-state index contributed by atoms with van der Waals surface area (Å²) in [6, 6.07) is 4.23. The highest BCUT2D eigenvalue weighted by Crippen LogP contribution is 2.44. The molecule has 2 rings (SSSR count). The van der Waals surface area contributed by atoms with Gasteiger partial charge in [-0.3, -0.25) is 4.79 Å². The molecule has 1 fully saturated rings. The molecule has 16 heavy (non-hydrogen) atoms. The van der Waals surface area contributed by atoms with Crippen LogP contribution in [0.2, 0.25) is 0 Å². The summed E-state index contributed by atoms with van der Waals surface area (Å²) in [4.78, 5) is 12.3. The van der Waals surface area contributed by atoms with Crippen molar-refractivity contribution < 1.29 is 9.18 Å². The smallest absolute Gasteiger partial charge is 0.254 e. The van der Waals surface area contributed by atoms with Crippen molar-refractivity contribution in [1.29, 1.82) is 0 Å². The Hall–Kier alpha value is -1.03. The first-order chi connectivity index (χ1) is 7.50. The summed E-state index contributed by atoms with van der Waals surface area (Å²) in [5.74, 6) is -0.863. The predicted octanol–water partition coefficient (Wildman–Crippen LogP) is 2.64. The van der Waals surface area contributed by atoms with Crippen LogP contribution >= 0.6 is 12.6 Å². The van der Waals surface area contributed by atoms with E-state index in [9.17, 15) is 9.18 Å². The van der Waals surface area contributed by atoms with Gasteiger partial charge in [0.1, 0.15) is 5.82 Å². The third-order valence-corrected chi connectivity index (χ3v) is 3.25. The third-order valence-electron chi connectivity index (χ3n) is 2.97. The fraction of sp³-hybridized carbons (Fsp3) is 0.417. The molecule has 0 saturated heterocycles. The van der Waals surface area contributed by atoms with Gasteiger partial charge in [-0.05, 0) is 36.5 Å². The second-order valence-corrected chi connectivity index (χ2v) is 5.17. The van der Waals surface area contributed by atoms with E-state index in [0.29, 0.717) is 11.4 Å². The molecular weight excluding hydrogens is 225 g/mol. The number of benzene rings is 1.